The van der Waals surface area contributed by atoms with Gasteiger partial charge in [0.15, 0.2) is 0 Å². The third-order valence-electron chi connectivity index (χ3n) is 1.98. The summed E-state index contributed by atoms with van der Waals surface area (Å²) >= 11 is 4.09. The summed E-state index contributed by atoms with van der Waals surface area (Å²) in [6.07, 6.45) is 1.69. The fourth-order valence-electron chi connectivity index (χ4n) is 1.30. The Morgan fingerprint density at radius 2 is 1.93 bits per heavy atom. The largest absolute Gasteiger partial charge is 0.362 e. The van der Waals surface area contributed by atoms with Crippen molar-refractivity contribution in [1.82, 2.24) is 10.6 Å². The molecule has 2 N–H and O–H groups in total. The minimum absolute atomic E-state index is 0.102. The van der Waals surface area contributed by atoms with Crippen LogP contribution in [0.1, 0.15) is 5.56 Å². The van der Waals surface area contributed by atoms with Gasteiger partial charge in [-0.3, -0.25) is 4.79 Å². The molecular weight excluding hydrogens is 196 g/mol. The Morgan fingerprint density at radius 3 is 2.57 bits per heavy atom. The van der Waals surface area contributed by atoms with E-state index >= 15 is 0 Å². The summed E-state index contributed by atoms with van der Waals surface area (Å²) in [6, 6.07) is 9.50. The monoisotopic (exact) mass is 206 g/mol. The summed E-state index contributed by atoms with van der Waals surface area (Å²) in [5.74, 6) is -0.102. The number of nitrogens with one attached hydrogen (secondary N) is 2. The first kappa shape index (κ1) is 9.15. The maximum Gasteiger partial charge on any atom is 0.255 e. The van der Waals surface area contributed by atoms with E-state index in [0.717, 1.165) is 5.56 Å². The van der Waals surface area contributed by atoms with Crippen LogP contribution in [0.15, 0.2) is 36.5 Å². The van der Waals surface area contributed by atoms with Gasteiger partial charge < -0.3 is 10.6 Å². The lowest BCUT2D eigenvalue weighted by molar-refractivity contribution is -0.116. The van der Waals surface area contributed by atoms with Crippen molar-refractivity contribution in [2.75, 3.05) is 0 Å². The smallest absolute Gasteiger partial charge is 0.255 e. The highest BCUT2D eigenvalue weighted by Crippen LogP contribution is 2.15. The number of benzene rings is 1. The molecule has 0 radical (unpaired) electrons. The molecule has 1 aliphatic rings. The van der Waals surface area contributed by atoms with Crippen molar-refractivity contribution in [2.24, 2.45) is 0 Å². The van der Waals surface area contributed by atoms with Crippen molar-refractivity contribution >= 4 is 24.1 Å². The summed E-state index contributed by atoms with van der Waals surface area (Å²) in [5.41, 5.74) is 1.24. The molecule has 1 aromatic carbocycles. The van der Waals surface area contributed by atoms with Crippen LogP contribution in [0.2, 0.25) is 0 Å². The quantitative estimate of drug-likeness (QED) is 0.599. The highest BCUT2D eigenvalue weighted by molar-refractivity contribution is 7.80. The maximum atomic E-state index is 11.5. The second kappa shape index (κ2) is 3.75. The first-order valence-electron chi connectivity index (χ1n) is 4.28. The van der Waals surface area contributed by atoms with Crippen LogP contribution in [-0.2, 0) is 4.79 Å². The predicted molar refractivity (Wildman–Crippen MR) is 58.5 cm³/mol. The van der Waals surface area contributed by atoms with Gasteiger partial charge in [-0.15, -0.1) is 12.6 Å². The third kappa shape index (κ3) is 1.75. The molecule has 0 aliphatic carbocycles. The number of hydrogen-bond acceptors (Lipinski definition) is 3. The standard InChI is InChI=1S/C10H10N2OS/c13-9-8(6-11-10(14)12-9)7-4-2-1-3-5-7/h1-6,10-11,14H,(H,12,13). The van der Waals surface area contributed by atoms with Gasteiger partial charge >= 0.3 is 0 Å². The van der Waals surface area contributed by atoms with Crippen LogP contribution < -0.4 is 10.6 Å². The van der Waals surface area contributed by atoms with Crippen LogP contribution in [0.3, 0.4) is 0 Å². The molecule has 1 heterocycles. The number of carbonyl (C=O) groups is 1. The molecule has 0 bridgehead atoms. The third-order valence-corrected chi connectivity index (χ3v) is 2.26. The first-order chi connectivity index (χ1) is 6.77. The molecule has 0 saturated heterocycles. The van der Waals surface area contributed by atoms with Gasteiger partial charge in [0.05, 0.1) is 5.57 Å². The molecule has 1 atom stereocenters. The Hall–Kier alpha value is -1.42. The Morgan fingerprint density at radius 1 is 1.21 bits per heavy atom. The average molecular weight is 206 g/mol. The van der Waals surface area contributed by atoms with E-state index in [-0.39, 0.29) is 11.4 Å². The number of hydrogen-bond donors (Lipinski definition) is 3. The zero-order valence-corrected chi connectivity index (χ0v) is 8.29. The van der Waals surface area contributed by atoms with E-state index in [0.29, 0.717) is 5.57 Å². The Labute approximate surface area is 87.6 Å². The molecule has 0 aromatic heterocycles. The van der Waals surface area contributed by atoms with Gasteiger partial charge in [-0.25, -0.2) is 0 Å². The molecule has 0 fully saturated rings. The highest BCUT2D eigenvalue weighted by Gasteiger charge is 2.18. The molecule has 3 nitrogen and oxygen atoms in total. The van der Waals surface area contributed by atoms with E-state index in [1.165, 1.54) is 0 Å². The van der Waals surface area contributed by atoms with Crippen molar-refractivity contribution in [3.05, 3.63) is 42.1 Å². The van der Waals surface area contributed by atoms with Gasteiger partial charge in [0.2, 0.25) is 0 Å². The normalized spacial score (nSPS) is 20.8. The molecule has 0 spiro atoms. The number of carbonyl (C=O) groups excluding carboxylic acids is 1. The SMILES string of the molecule is O=C1NC(S)NC=C1c1ccccc1. The molecule has 1 unspecified atom stereocenters. The van der Waals surface area contributed by atoms with Crippen molar-refractivity contribution in [2.45, 2.75) is 5.50 Å². The molecule has 4 heteroatoms. The fraction of sp³-hybridized carbons (Fsp3) is 0.100. The molecule has 2 rings (SSSR count). The molecule has 0 saturated carbocycles. The van der Waals surface area contributed by atoms with E-state index in [4.69, 9.17) is 0 Å². The van der Waals surface area contributed by atoms with Gasteiger partial charge in [0, 0.05) is 6.20 Å². The molecule has 1 aromatic rings. The van der Waals surface area contributed by atoms with E-state index in [1.807, 2.05) is 30.3 Å². The van der Waals surface area contributed by atoms with Gasteiger partial charge in [-0.1, -0.05) is 30.3 Å². The topological polar surface area (TPSA) is 41.1 Å². The van der Waals surface area contributed by atoms with Crippen LogP contribution in [0, 0.1) is 0 Å². The lowest BCUT2D eigenvalue weighted by Crippen LogP contribution is -2.43. The Balaban J connectivity index is 2.32. The lowest BCUT2D eigenvalue weighted by atomic mass is 10.1. The van der Waals surface area contributed by atoms with Crippen molar-refractivity contribution in [3.8, 4) is 0 Å². The number of thiol groups is 1. The zero-order valence-electron chi connectivity index (χ0n) is 7.40. The first-order valence-corrected chi connectivity index (χ1v) is 4.79. The minimum Gasteiger partial charge on any atom is -0.362 e. The Bertz CT molecular complexity index is 375. The Kier molecular flexibility index (Phi) is 2.45. The summed E-state index contributed by atoms with van der Waals surface area (Å²) in [6.45, 7) is 0. The summed E-state index contributed by atoms with van der Waals surface area (Å²) in [5, 5.41) is 5.60. The second-order valence-corrected chi connectivity index (χ2v) is 3.48. The van der Waals surface area contributed by atoms with E-state index < -0.39 is 0 Å². The average Bonchev–Trinajstić information content (AvgIpc) is 2.19. The number of amides is 1. The van der Waals surface area contributed by atoms with Crippen LogP contribution in [-0.4, -0.2) is 11.4 Å². The second-order valence-electron chi connectivity index (χ2n) is 2.97. The van der Waals surface area contributed by atoms with E-state index in [2.05, 4.69) is 23.3 Å². The van der Waals surface area contributed by atoms with Crippen LogP contribution >= 0.6 is 12.6 Å². The van der Waals surface area contributed by atoms with Crippen LogP contribution in [0.5, 0.6) is 0 Å². The molecule has 72 valence electrons. The molecular formula is C10H10N2OS. The predicted octanol–water partition coefficient (Wildman–Crippen LogP) is 0.960. The lowest BCUT2D eigenvalue weighted by Gasteiger charge is -2.20. The number of rotatable bonds is 1. The van der Waals surface area contributed by atoms with Crippen LogP contribution in [0.25, 0.3) is 5.57 Å². The summed E-state index contributed by atoms with van der Waals surface area (Å²) in [7, 11) is 0. The van der Waals surface area contributed by atoms with Crippen molar-refractivity contribution < 1.29 is 4.79 Å². The molecule has 1 aliphatic heterocycles. The van der Waals surface area contributed by atoms with Crippen LogP contribution in [0.4, 0.5) is 0 Å². The molecule has 1 amide bonds. The summed E-state index contributed by atoms with van der Waals surface area (Å²) in [4.78, 5) is 11.5. The van der Waals surface area contributed by atoms with Crippen molar-refractivity contribution in [1.29, 1.82) is 0 Å². The van der Waals surface area contributed by atoms with Gasteiger partial charge in [-0.05, 0) is 5.56 Å². The maximum absolute atomic E-state index is 11.5. The van der Waals surface area contributed by atoms with Gasteiger partial charge in [0.25, 0.3) is 5.91 Å². The van der Waals surface area contributed by atoms with Gasteiger partial charge in [-0.2, -0.15) is 0 Å². The summed E-state index contributed by atoms with van der Waals surface area (Å²) < 4.78 is 0. The molecule has 14 heavy (non-hydrogen) atoms. The zero-order chi connectivity index (χ0) is 9.97. The van der Waals surface area contributed by atoms with E-state index in [9.17, 15) is 4.79 Å². The van der Waals surface area contributed by atoms with Crippen molar-refractivity contribution in [3.63, 3.8) is 0 Å². The minimum atomic E-state index is -0.296. The van der Waals surface area contributed by atoms with Gasteiger partial charge in [0.1, 0.15) is 5.50 Å². The fourth-order valence-corrected chi connectivity index (χ4v) is 1.50. The highest BCUT2D eigenvalue weighted by atomic mass is 32.1. The van der Waals surface area contributed by atoms with E-state index in [1.54, 1.807) is 6.20 Å².